The van der Waals surface area contributed by atoms with Crippen LogP contribution < -0.4 is 5.32 Å². The topological polar surface area (TPSA) is 64.6 Å². The lowest BCUT2D eigenvalue weighted by molar-refractivity contribution is -0.150. The van der Waals surface area contributed by atoms with E-state index in [1.54, 1.807) is 0 Å². The summed E-state index contributed by atoms with van der Waals surface area (Å²) in [6, 6.07) is 0. The van der Waals surface area contributed by atoms with Gasteiger partial charge < -0.3 is 14.8 Å². The molecular weight excluding hydrogens is 727 g/mol. The Hall–Kier alpha value is -1.10. The van der Waals surface area contributed by atoms with E-state index < -0.39 is 0 Å². The summed E-state index contributed by atoms with van der Waals surface area (Å²) in [5, 5.41) is 3.55. The van der Waals surface area contributed by atoms with Crippen molar-refractivity contribution in [2.45, 2.75) is 319 Å². The summed E-state index contributed by atoms with van der Waals surface area (Å²) in [5.41, 5.74) is 0. The third-order valence-corrected chi connectivity index (χ3v) is 11.0. The third kappa shape index (κ3) is 63.7. The Labute approximate surface area is 373 Å². The number of hydrogen-bond acceptors (Lipinski definition) is 5. The largest absolute Gasteiger partial charge is 0.466 e. The van der Waals surface area contributed by atoms with Crippen LogP contribution in [0, 0.1) is 0 Å². The number of ether oxygens (including phenoxy) is 2. The molecule has 59 heavy (non-hydrogen) atoms. The number of rotatable bonds is 44. The van der Waals surface area contributed by atoms with Crippen molar-refractivity contribution in [1.82, 2.24) is 5.32 Å². The second-order valence-electron chi connectivity index (χ2n) is 16.8. The maximum atomic E-state index is 12.6. The van der Waals surface area contributed by atoms with Crippen LogP contribution in [-0.2, 0) is 19.1 Å². The van der Waals surface area contributed by atoms with Crippen LogP contribution in [-0.4, -0.2) is 37.7 Å². The molecule has 0 radical (unpaired) electrons. The molecule has 0 aliphatic heterocycles. The third-order valence-electron chi connectivity index (χ3n) is 11.0. The molecule has 0 fully saturated rings. The minimum Gasteiger partial charge on any atom is -0.466 e. The van der Waals surface area contributed by atoms with E-state index >= 15 is 0 Å². The smallest absolute Gasteiger partial charge is 0.306 e. The molecule has 0 unspecified atom stereocenters. The fourth-order valence-electron chi connectivity index (χ4n) is 7.21. The molecule has 0 aliphatic rings. The molecule has 5 nitrogen and oxygen atoms in total. The predicted molar refractivity (Wildman–Crippen MR) is 265 cm³/mol. The number of nitrogens with one attached hydrogen (secondary N) is 1. The van der Waals surface area contributed by atoms with Gasteiger partial charge in [0.2, 0.25) is 0 Å². The number of hydrogen-bond donors (Lipinski definition) is 1. The first-order valence-corrected chi connectivity index (χ1v) is 27.1. The fourth-order valence-corrected chi connectivity index (χ4v) is 7.21. The van der Waals surface area contributed by atoms with Gasteiger partial charge in [-0.3, -0.25) is 9.59 Å². The highest BCUT2D eigenvalue weighted by atomic mass is 16.5. The maximum Gasteiger partial charge on any atom is 0.306 e. The zero-order valence-electron chi connectivity index (χ0n) is 42.4. The van der Waals surface area contributed by atoms with Crippen molar-refractivity contribution in [2.75, 3.05) is 19.7 Å². The van der Waals surface area contributed by atoms with Gasteiger partial charge in [0.15, 0.2) is 0 Å². The molecule has 0 bridgehead atoms. The molecule has 0 heterocycles. The zero-order chi connectivity index (χ0) is 44.6. The number of carbonyl (C=O) groups is 2. The Morgan fingerprint density at radius 1 is 0.356 bits per heavy atom. The van der Waals surface area contributed by atoms with Crippen LogP contribution in [0.1, 0.15) is 313 Å². The predicted octanol–water partition coefficient (Wildman–Crippen LogP) is 18.4. The Morgan fingerprint density at radius 3 is 1.03 bits per heavy atom. The molecule has 358 valence electrons. The van der Waals surface area contributed by atoms with E-state index in [0.717, 1.165) is 64.5 Å². The monoisotopic (exact) mass is 840 g/mol. The van der Waals surface area contributed by atoms with Crippen LogP contribution in [0.2, 0.25) is 0 Å². The lowest BCUT2D eigenvalue weighted by Gasteiger charge is -2.18. The van der Waals surface area contributed by atoms with E-state index in [0.29, 0.717) is 19.4 Å². The van der Waals surface area contributed by atoms with Crippen molar-refractivity contribution in [2.24, 2.45) is 0 Å². The first kappa shape index (κ1) is 64.5. The van der Waals surface area contributed by atoms with Gasteiger partial charge in [-0.15, -0.1) is 0 Å². The van der Waals surface area contributed by atoms with Gasteiger partial charge in [-0.1, -0.05) is 242 Å². The van der Waals surface area contributed by atoms with E-state index in [1.165, 1.54) is 186 Å². The fraction of sp³-hybridized carbons (Fsp3) is 0.963. The van der Waals surface area contributed by atoms with E-state index in [9.17, 15) is 9.59 Å². The molecule has 0 saturated heterocycles. The first-order valence-electron chi connectivity index (χ1n) is 27.1. The Balaban J connectivity index is -0.00000110. The highest BCUT2D eigenvalue weighted by Gasteiger charge is 2.14. The van der Waals surface area contributed by atoms with Gasteiger partial charge in [-0.25, -0.2) is 0 Å². The van der Waals surface area contributed by atoms with Gasteiger partial charge in [-0.2, -0.15) is 0 Å². The van der Waals surface area contributed by atoms with Crippen LogP contribution in [0.3, 0.4) is 0 Å². The number of carbonyl (C=O) groups excluding carboxylic acids is 2. The lowest BCUT2D eigenvalue weighted by Crippen LogP contribution is -2.18. The van der Waals surface area contributed by atoms with Gasteiger partial charge in [-0.05, 0) is 70.9 Å². The average molecular weight is 841 g/mol. The molecule has 0 aliphatic carbocycles. The van der Waals surface area contributed by atoms with Crippen LogP contribution in [0.5, 0.6) is 0 Å². The standard InChI is InChI=1S/C42H83NO4.C8H18.2C2H6/c1-4-7-10-13-16-17-18-24-32-39-46-41(44)35-29-25-31-38-43-37-30-23-19-22-28-36-42(45)47-40(33-26-20-14-11-8-5-2)34-27-21-15-12-9-6-3;1-3-5-7-8-6-4-2;2*1-2/h40,43H,4-39H2,1-3H3;3-8H2,1-2H3;2*1-2H3. The van der Waals surface area contributed by atoms with Crippen molar-refractivity contribution in [3.8, 4) is 0 Å². The molecule has 5 heteroatoms. The number of esters is 2. The van der Waals surface area contributed by atoms with E-state index in [-0.39, 0.29) is 18.0 Å². The van der Waals surface area contributed by atoms with Gasteiger partial charge >= 0.3 is 11.9 Å². The second kappa shape index (κ2) is 63.5. The normalized spacial score (nSPS) is 10.6. The molecular formula is C54H113NO4. The molecule has 0 spiro atoms. The van der Waals surface area contributed by atoms with Crippen molar-refractivity contribution < 1.29 is 19.1 Å². The zero-order valence-corrected chi connectivity index (χ0v) is 42.4. The Kier molecular flexibility index (Phi) is 69.5. The molecule has 0 aromatic heterocycles. The summed E-state index contributed by atoms with van der Waals surface area (Å²) in [6.07, 6.45) is 47.7. The highest BCUT2D eigenvalue weighted by Crippen LogP contribution is 2.18. The summed E-state index contributed by atoms with van der Waals surface area (Å²) in [4.78, 5) is 24.5. The number of unbranched alkanes of at least 4 members (excludes halogenated alkanes) is 29. The van der Waals surface area contributed by atoms with Crippen molar-refractivity contribution >= 4 is 11.9 Å². The lowest BCUT2D eigenvalue weighted by atomic mass is 10.0. The SMILES string of the molecule is CC.CC.CCCCCCCC.CCCCCCCCCCCOC(=O)CCCCCNCCCCCCCC(=O)OC(CCCCCCCC)CCCCCCCC. The van der Waals surface area contributed by atoms with Crippen molar-refractivity contribution in [1.29, 1.82) is 0 Å². The summed E-state index contributed by atoms with van der Waals surface area (Å²) < 4.78 is 11.4. The molecule has 0 saturated carbocycles. The summed E-state index contributed by atoms with van der Waals surface area (Å²) in [5.74, 6) is 0.00707. The molecule has 0 aromatic rings. The van der Waals surface area contributed by atoms with Crippen LogP contribution in [0.25, 0.3) is 0 Å². The summed E-state index contributed by atoms with van der Waals surface area (Å²) >= 11 is 0. The molecule has 0 atom stereocenters. The van der Waals surface area contributed by atoms with Crippen molar-refractivity contribution in [3.05, 3.63) is 0 Å². The Bertz CT molecular complexity index is 707. The highest BCUT2D eigenvalue weighted by molar-refractivity contribution is 5.69. The Morgan fingerprint density at radius 2 is 0.644 bits per heavy atom. The maximum absolute atomic E-state index is 12.6. The quantitative estimate of drug-likeness (QED) is 0.0489. The first-order chi connectivity index (χ1) is 29.0. The van der Waals surface area contributed by atoms with E-state index in [4.69, 9.17) is 9.47 Å². The summed E-state index contributed by atoms with van der Waals surface area (Å²) in [7, 11) is 0. The molecule has 0 rings (SSSR count). The molecule has 1 N–H and O–H groups in total. The van der Waals surface area contributed by atoms with E-state index in [1.807, 2.05) is 27.7 Å². The second-order valence-corrected chi connectivity index (χ2v) is 16.8. The van der Waals surface area contributed by atoms with Crippen LogP contribution in [0.15, 0.2) is 0 Å². The minimum absolute atomic E-state index is 0.0214. The van der Waals surface area contributed by atoms with Gasteiger partial charge in [0, 0.05) is 12.8 Å². The van der Waals surface area contributed by atoms with E-state index in [2.05, 4.69) is 39.9 Å². The van der Waals surface area contributed by atoms with Gasteiger partial charge in [0.1, 0.15) is 6.10 Å². The average Bonchev–Trinajstić information content (AvgIpc) is 3.25. The molecule has 0 amide bonds. The minimum atomic E-state index is -0.0214. The summed E-state index contributed by atoms with van der Waals surface area (Å²) in [6.45, 7) is 22.0. The van der Waals surface area contributed by atoms with Crippen LogP contribution in [0.4, 0.5) is 0 Å². The van der Waals surface area contributed by atoms with Gasteiger partial charge in [0.05, 0.1) is 6.61 Å². The van der Waals surface area contributed by atoms with Crippen LogP contribution >= 0.6 is 0 Å². The van der Waals surface area contributed by atoms with Crippen molar-refractivity contribution in [3.63, 3.8) is 0 Å². The van der Waals surface area contributed by atoms with Gasteiger partial charge in [0.25, 0.3) is 0 Å². The molecule has 0 aromatic carbocycles.